The van der Waals surface area contributed by atoms with Crippen LogP contribution in [0.5, 0.6) is 0 Å². The summed E-state index contributed by atoms with van der Waals surface area (Å²) >= 11 is 5.78. The molecule has 0 aromatic heterocycles. The molecule has 0 saturated heterocycles. The summed E-state index contributed by atoms with van der Waals surface area (Å²) in [5.41, 5.74) is 4.88. The van der Waals surface area contributed by atoms with Crippen molar-refractivity contribution in [3.63, 3.8) is 0 Å². The number of nitrogens with one attached hydrogen (secondary N) is 1. The molecule has 0 aliphatic carbocycles. The minimum Gasteiger partial charge on any atom is -0.399 e. The van der Waals surface area contributed by atoms with Gasteiger partial charge in [0.2, 0.25) is 0 Å². The average molecular weight is 273 g/mol. The Balaban J connectivity index is 2.43. The number of halogens is 4. The minimum absolute atomic E-state index is 0.0408. The predicted octanol–water partition coefficient (Wildman–Crippen LogP) is 4.08. The van der Waals surface area contributed by atoms with Crippen LogP contribution < -0.4 is 11.1 Å². The van der Waals surface area contributed by atoms with E-state index in [1.165, 1.54) is 6.07 Å². The van der Waals surface area contributed by atoms with Crippen molar-refractivity contribution in [1.82, 2.24) is 0 Å². The molecule has 0 unspecified atom stereocenters. The summed E-state index contributed by atoms with van der Waals surface area (Å²) in [5.74, 6) is -2.33. The molecule has 2 aromatic carbocycles. The fourth-order valence-corrected chi connectivity index (χ4v) is 1.60. The van der Waals surface area contributed by atoms with E-state index in [0.717, 1.165) is 24.3 Å². The largest absolute Gasteiger partial charge is 0.399 e. The molecule has 0 heterocycles. The molecule has 94 valence electrons. The third-order valence-corrected chi connectivity index (χ3v) is 2.58. The molecule has 0 amide bonds. The van der Waals surface area contributed by atoms with Gasteiger partial charge >= 0.3 is 0 Å². The van der Waals surface area contributed by atoms with Gasteiger partial charge < -0.3 is 11.1 Å². The van der Waals surface area contributed by atoms with E-state index in [9.17, 15) is 13.2 Å². The highest BCUT2D eigenvalue weighted by Gasteiger charge is 2.12. The second kappa shape index (κ2) is 4.78. The van der Waals surface area contributed by atoms with Crippen LogP contribution in [0.15, 0.2) is 30.3 Å². The highest BCUT2D eigenvalue weighted by Crippen LogP contribution is 2.30. The first kappa shape index (κ1) is 12.6. The average Bonchev–Trinajstić information content (AvgIpc) is 2.28. The molecule has 0 atom stereocenters. The van der Waals surface area contributed by atoms with E-state index >= 15 is 0 Å². The lowest BCUT2D eigenvalue weighted by atomic mass is 10.2. The van der Waals surface area contributed by atoms with Crippen LogP contribution in [-0.2, 0) is 0 Å². The zero-order chi connectivity index (χ0) is 13.3. The van der Waals surface area contributed by atoms with Crippen molar-refractivity contribution in [3.8, 4) is 0 Å². The maximum absolute atomic E-state index is 13.5. The van der Waals surface area contributed by atoms with Gasteiger partial charge in [-0.1, -0.05) is 11.6 Å². The number of rotatable bonds is 2. The van der Waals surface area contributed by atoms with Crippen molar-refractivity contribution in [2.24, 2.45) is 0 Å². The maximum Gasteiger partial charge on any atom is 0.151 e. The summed E-state index contributed by atoms with van der Waals surface area (Å²) < 4.78 is 40.0. The normalized spacial score (nSPS) is 10.4. The number of benzene rings is 2. The predicted molar refractivity (Wildman–Crippen MR) is 65.5 cm³/mol. The lowest BCUT2D eigenvalue weighted by Crippen LogP contribution is -2.00. The molecule has 18 heavy (non-hydrogen) atoms. The summed E-state index contributed by atoms with van der Waals surface area (Å²) in [4.78, 5) is 0. The Hall–Kier alpha value is -1.88. The van der Waals surface area contributed by atoms with Crippen LogP contribution in [0.4, 0.5) is 30.2 Å². The third kappa shape index (κ3) is 2.51. The molecule has 0 aliphatic heterocycles. The van der Waals surface area contributed by atoms with Gasteiger partial charge in [0.15, 0.2) is 11.6 Å². The fraction of sp³-hybridized carbons (Fsp3) is 0. The van der Waals surface area contributed by atoms with Crippen molar-refractivity contribution < 1.29 is 13.2 Å². The second-order valence-corrected chi connectivity index (χ2v) is 4.02. The molecule has 0 fully saturated rings. The quantitative estimate of drug-likeness (QED) is 0.808. The van der Waals surface area contributed by atoms with Crippen LogP contribution in [-0.4, -0.2) is 0 Å². The van der Waals surface area contributed by atoms with E-state index in [1.54, 1.807) is 0 Å². The molecule has 2 rings (SSSR count). The Morgan fingerprint density at radius 1 is 1.00 bits per heavy atom. The van der Waals surface area contributed by atoms with Gasteiger partial charge in [-0.05, 0) is 30.3 Å². The molecule has 2 nitrogen and oxygen atoms in total. The number of anilines is 3. The first-order chi connectivity index (χ1) is 8.47. The van der Waals surface area contributed by atoms with Gasteiger partial charge in [-0.3, -0.25) is 0 Å². The molecular formula is C12H8ClF3N2. The summed E-state index contributed by atoms with van der Waals surface area (Å²) in [6.07, 6.45) is 0. The molecule has 3 N–H and O–H groups in total. The second-order valence-electron chi connectivity index (χ2n) is 3.61. The van der Waals surface area contributed by atoms with Crippen LogP contribution in [0, 0.1) is 17.5 Å². The molecule has 6 heteroatoms. The van der Waals surface area contributed by atoms with Gasteiger partial charge in [0, 0.05) is 5.69 Å². The molecule has 0 saturated carbocycles. The van der Waals surface area contributed by atoms with Crippen LogP contribution >= 0.6 is 11.6 Å². The minimum atomic E-state index is -0.882. The first-order valence-electron chi connectivity index (χ1n) is 4.94. The number of nitrogens with two attached hydrogens (primary N) is 1. The highest BCUT2D eigenvalue weighted by atomic mass is 35.5. The van der Waals surface area contributed by atoms with Crippen LogP contribution in [0.25, 0.3) is 0 Å². The molecule has 0 spiro atoms. The molecule has 0 bridgehead atoms. The standard InChI is InChI=1S/C12H8ClF3N2/c13-8-2-1-6(14)3-11(8)18-12-9(15)4-7(17)5-10(12)16/h1-5,18H,17H2. The Kier molecular flexibility index (Phi) is 3.34. The van der Waals surface area contributed by atoms with E-state index in [2.05, 4.69) is 5.32 Å². The maximum atomic E-state index is 13.5. The van der Waals surface area contributed by atoms with Gasteiger partial charge in [0.25, 0.3) is 0 Å². The molecule has 0 aliphatic rings. The van der Waals surface area contributed by atoms with Crippen molar-refractivity contribution >= 4 is 28.7 Å². The smallest absolute Gasteiger partial charge is 0.151 e. The summed E-state index contributed by atoms with van der Waals surface area (Å²) in [5, 5.41) is 2.54. The molecule has 0 radical (unpaired) electrons. The Bertz CT molecular complexity index is 579. The lowest BCUT2D eigenvalue weighted by Gasteiger charge is -2.11. The van der Waals surface area contributed by atoms with E-state index < -0.39 is 23.1 Å². The van der Waals surface area contributed by atoms with E-state index in [1.807, 2.05) is 0 Å². The van der Waals surface area contributed by atoms with Crippen molar-refractivity contribution in [2.75, 3.05) is 11.1 Å². The van der Waals surface area contributed by atoms with Crippen molar-refractivity contribution in [3.05, 3.63) is 52.8 Å². The Labute approximate surface area is 106 Å². The van der Waals surface area contributed by atoms with Gasteiger partial charge in [-0.25, -0.2) is 13.2 Å². The third-order valence-electron chi connectivity index (χ3n) is 2.25. The monoisotopic (exact) mass is 272 g/mol. The van der Waals surface area contributed by atoms with Crippen LogP contribution in [0.2, 0.25) is 5.02 Å². The van der Waals surface area contributed by atoms with E-state index in [0.29, 0.717) is 0 Å². The van der Waals surface area contributed by atoms with E-state index in [4.69, 9.17) is 17.3 Å². The fourth-order valence-electron chi connectivity index (χ4n) is 1.44. The highest BCUT2D eigenvalue weighted by molar-refractivity contribution is 6.33. The van der Waals surface area contributed by atoms with Gasteiger partial charge in [-0.2, -0.15) is 0 Å². The summed E-state index contributed by atoms with van der Waals surface area (Å²) in [6, 6.07) is 5.38. The lowest BCUT2D eigenvalue weighted by molar-refractivity contribution is 0.591. The molecular weight excluding hydrogens is 265 g/mol. The Morgan fingerprint density at radius 3 is 2.22 bits per heavy atom. The first-order valence-corrected chi connectivity index (χ1v) is 5.32. The summed E-state index contributed by atoms with van der Waals surface area (Å²) in [7, 11) is 0. The van der Waals surface area contributed by atoms with Crippen LogP contribution in [0.3, 0.4) is 0 Å². The number of hydrogen-bond acceptors (Lipinski definition) is 2. The van der Waals surface area contributed by atoms with Crippen LogP contribution in [0.1, 0.15) is 0 Å². The topological polar surface area (TPSA) is 38.0 Å². The zero-order valence-electron chi connectivity index (χ0n) is 8.98. The van der Waals surface area contributed by atoms with Crippen molar-refractivity contribution in [2.45, 2.75) is 0 Å². The Morgan fingerprint density at radius 2 is 1.61 bits per heavy atom. The summed E-state index contributed by atoms with van der Waals surface area (Å²) in [6.45, 7) is 0. The SMILES string of the molecule is Nc1cc(F)c(Nc2cc(F)ccc2Cl)c(F)c1. The molecule has 2 aromatic rings. The number of hydrogen-bond donors (Lipinski definition) is 2. The van der Waals surface area contributed by atoms with Gasteiger partial charge in [0.05, 0.1) is 10.7 Å². The van der Waals surface area contributed by atoms with E-state index in [-0.39, 0.29) is 16.4 Å². The van der Waals surface area contributed by atoms with Gasteiger partial charge in [0.1, 0.15) is 11.5 Å². The number of nitrogen functional groups attached to an aromatic ring is 1. The van der Waals surface area contributed by atoms with Gasteiger partial charge in [-0.15, -0.1) is 0 Å². The zero-order valence-corrected chi connectivity index (χ0v) is 9.73. The van der Waals surface area contributed by atoms with Crippen molar-refractivity contribution in [1.29, 1.82) is 0 Å².